The second-order valence-corrected chi connectivity index (χ2v) is 7.78. The van der Waals surface area contributed by atoms with E-state index in [2.05, 4.69) is 65.8 Å². The second kappa shape index (κ2) is 6.28. The maximum absolute atomic E-state index is 2.30. The first-order valence-electron chi connectivity index (χ1n) is 6.88. The average molecular weight is 303 g/mol. The van der Waals surface area contributed by atoms with Crippen LogP contribution in [0.1, 0.15) is 33.4 Å². The fourth-order valence-corrected chi connectivity index (χ4v) is 4.76. The highest BCUT2D eigenvalue weighted by Crippen LogP contribution is 2.41. The van der Waals surface area contributed by atoms with Crippen LogP contribution in [0, 0.1) is 41.5 Å². The molecule has 2 heteroatoms. The van der Waals surface area contributed by atoms with E-state index in [1.54, 1.807) is 0 Å². The summed E-state index contributed by atoms with van der Waals surface area (Å²) in [7, 11) is 3.74. The Morgan fingerprint density at radius 2 is 0.750 bits per heavy atom. The number of benzene rings is 2. The van der Waals surface area contributed by atoms with Crippen molar-refractivity contribution in [2.24, 2.45) is 0 Å². The van der Waals surface area contributed by atoms with Crippen LogP contribution in [0.25, 0.3) is 0 Å². The number of rotatable bonds is 3. The zero-order valence-electron chi connectivity index (χ0n) is 13.1. The molecule has 2 aromatic rings. The highest BCUT2D eigenvalue weighted by molar-refractivity contribution is 8.76. The Morgan fingerprint density at radius 3 is 1.10 bits per heavy atom. The minimum Gasteiger partial charge on any atom is -0.0550 e. The van der Waals surface area contributed by atoms with Gasteiger partial charge in [0.1, 0.15) is 0 Å². The molecule has 0 saturated carbocycles. The van der Waals surface area contributed by atoms with Crippen molar-refractivity contribution < 1.29 is 0 Å². The summed E-state index contributed by atoms with van der Waals surface area (Å²) in [5.41, 5.74) is 8.23. The summed E-state index contributed by atoms with van der Waals surface area (Å²) in [6, 6.07) is 9.17. The summed E-state index contributed by atoms with van der Waals surface area (Å²) in [5.74, 6) is 0. The third-order valence-corrected chi connectivity index (χ3v) is 6.45. The zero-order valence-corrected chi connectivity index (χ0v) is 14.8. The number of hydrogen-bond acceptors (Lipinski definition) is 2. The highest BCUT2D eigenvalue weighted by atomic mass is 33.1. The fourth-order valence-electron chi connectivity index (χ4n) is 2.14. The molecule has 0 aromatic heterocycles. The molecule has 0 aliphatic rings. The molecule has 2 rings (SSSR count). The first-order valence-corrected chi connectivity index (χ1v) is 9.03. The molecule has 0 heterocycles. The van der Waals surface area contributed by atoms with Crippen molar-refractivity contribution in [2.75, 3.05) is 0 Å². The summed E-state index contributed by atoms with van der Waals surface area (Å²) < 4.78 is 0. The predicted molar refractivity (Wildman–Crippen MR) is 93.0 cm³/mol. The maximum atomic E-state index is 2.30. The maximum Gasteiger partial charge on any atom is 0.0218 e. The van der Waals surface area contributed by atoms with Crippen molar-refractivity contribution in [3.8, 4) is 0 Å². The van der Waals surface area contributed by atoms with Crippen LogP contribution < -0.4 is 0 Å². The van der Waals surface area contributed by atoms with Crippen molar-refractivity contribution in [2.45, 2.75) is 51.3 Å². The quantitative estimate of drug-likeness (QED) is 0.607. The Kier molecular flexibility index (Phi) is 4.87. The van der Waals surface area contributed by atoms with Crippen molar-refractivity contribution in [1.29, 1.82) is 0 Å². The van der Waals surface area contributed by atoms with E-state index in [0.29, 0.717) is 0 Å². The lowest BCUT2D eigenvalue weighted by atomic mass is 10.1. The summed E-state index contributed by atoms with van der Waals surface area (Å²) in [6.45, 7) is 13.1. The van der Waals surface area contributed by atoms with Gasteiger partial charge in [-0.25, -0.2) is 0 Å². The zero-order chi connectivity index (χ0) is 14.9. The van der Waals surface area contributed by atoms with Crippen molar-refractivity contribution >= 4 is 21.6 Å². The van der Waals surface area contributed by atoms with E-state index in [0.717, 1.165) is 0 Å². The normalized spacial score (nSPS) is 10.9. The van der Waals surface area contributed by atoms with E-state index in [1.807, 2.05) is 21.6 Å². The van der Waals surface area contributed by atoms with Crippen molar-refractivity contribution in [3.05, 3.63) is 57.6 Å². The van der Waals surface area contributed by atoms with Crippen LogP contribution in [0.5, 0.6) is 0 Å². The number of aryl methyl sites for hydroxylation is 6. The summed E-state index contributed by atoms with van der Waals surface area (Å²) in [6.07, 6.45) is 0. The van der Waals surface area contributed by atoms with Gasteiger partial charge in [-0.2, -0.15) is 0 Å². The Bertz CT molecular complexity index is 585. The standard InChI is InChI=1S/C18H22S2/c1-11-7-15(5)17(9-13(11)3)19-20-18-10-14(4)12(2)8-16(18)6/h7-10H,1-6H3. The molecule has 0 amide bonds. The topological polar surface area (TPSA) is 0 Å². The molecule has 20 heavy (non-hydrogen) atoms. The SMILES string of the molecule is Cc1cc(C)c(SSc2cc(C)c(C)cc2C)cc1C. The third kappa shape index (κ3) is 3.42. The van der Waals surface area contributed by atoms with E-state index in [4.69, 9.17) is 0 Å². The molecule has 0 nitrogen and oxygen atoms in total. The van der Waals surface area contributed by atoms with Gasteiger partial charge in [0.2, 0.25) is 0 Å². The van der Waals surface area contributed by atoms with Crippen LogP contribution >= 0.6 is 21.6 Å². The highest BCUT2D eigenvalue weighted by Gasteiger charge is 2.07. The summed E-state index contributed by atoms with van der Waals surface area (Å²) in [4.78, 5) is 2.74. The van der Waals surface area contributed by atoms with Gasteiger partial charge in [0.05, 0.1) is 0 Å². The molecule has 0 atom stereocenters. The molecule has 0 N–H and O–H groups in total. The monoisotopic (exact) mass is 302 g/mol. The first kappa shape index (κ1) is 15.5. The Hall–Kier alpha value is -0.860. The molecule has 0 aliphatic carbocycles. The minimum absolute atomic E-state index is 1.37. The first-order chi connectivity index (χ1) is 9.38. The van der Waals surface area contributed by atoms with Crippen molar-refractivity contribution in [1.82, 2.24) is 0 Å². The third-order valence-electron chi connectivity index (χ3n) is 3.80. The van der Waals surface area contributed by atoms with E-state index in [1.165, 1.54) is 43.2 Å². The van der Waals surface area contributed by atoms with Gasteiger partial charge in [0, 0.05) is 9.79 Å². The molecular weight excluding hydrogens is 280 g/mol. The Morgan fingerprint density at radius 1 is 0.450 bits per heavy atom. The van der Waals surface area contributed by atoms with Crippen LogP contribution in [0.3, 0.4) is 0 Å². The van der Waals surface area contributed by atoms with Gasteiger partial charge < -0.3 is 0 Å². The largest absolute Gasteiger partial charge is 0.0550 e. The summed E-state index contributed by atoms with van der Waals surface area (Å²) in [5, 5.41) is 0. The molecule has 106 valence electrons. The van der Waals surface area contributed by atoms with Gasteiger partial charge in [-0.3, -0.25) is 0 Å². The van der Waals surface area contributed by atoms with Gasteiger partial charge in [-0.1, -0.05) is 33.7 Å². The van der Waals surface area contributed by atoms with Gasteiger partial charge in [-0.15, -0.1) is 0 Å². The molecule has 0 fully saturated rings. The smallest absolute Gasteiger partial charge is 0.0218 e. The van der Waals surface area contributed by atoms with Crippen LogP contribution in [0.4, 0.5) is 0 Å². The Balaban J connectivity index is 2.21. The van der Waals surface area contributed by atoms with E-state index >= 15 is 0 Å². The van der Waals surface area contributed by atoms with Gasteiger partial charge in [0.25, 0.3) is 0 Å². The van der Waals surface area contributed by atoms with E-state index in [-0.39, 0.29) is 0 Å². The molecule has 0 bridgehead atoms. The average Bonchev–Trinajstić information content (AvgIpc) is 2.37. The molecular formula is C18H22S2. The Labute approximate surface area is 130 Å². The summed E-state index contributed by atoms with van der Waals surface area (Å²) >= 11 is 0. The number of hydrogen-bond donors (Lipinski definition) is 0. The lowest BCUT2D eigenvalue weighted by molar-refractivity contribution is 1.21. The van der Waals surface area contributed by atoms with Crippen LogP contribution in [0.2, 0.25) is 0 Å². The van der Waals surface area contributed by atoms with Gasteiger partial charge >= 0.3 is 0 Å². The van der Waals surface area contributed by atoms with E-state index in [9.17, 15) is 0 Å². The van der Waals surface area contributed by atoms with E-state index < -0.39 is 0 Å². The fraction of sp³-hybridized carbons (Fsp3) is 0.333. The van der Waals surface area contributed by atoms with Crippen LogP contribution in [-0.2, 0) is 0 Å². The minimum atomic E-state index is 1.37. The lowest BCUT2D eigenvalue weighted by Crippen LogP contribution is -1.87. The van der Waals surface area contributed by atoms with Crippen LogP contribution in [-0.4, -0.2) is 0 Å². The molecule has 2 aromatic carbocycles. The van der Waals surface area contributed by atoms with Crippen molar-refractivity contribution in [3.63, 3.8) is 0 Å². The second-order valence-electron chi connectivity index (χ2n) is 5.57. The van der Waals surface area contributed by atoms with Crippen LogP contribution in [0.15, 0.2) is 34.1 Å². The van der Waals surface area contributed by atoms with Gasteiger partial charge in [-0.05, 0) is 87.1 Å². The molecule has 0 radical (unpaired) electrons. The predicted octanol–water partition coefficient (Wildman–Crippen LogP) is 6.34. The molecule has 0 spiro atoms. The van der Waals surface area contributed by atoms with Gasteiger partial charge in [0.15, 0.2) is 0 Å². The molecule has 0 aliphatic heterocycles. The lowest BCUT2D eigenvalue weighted by Gasteiger charge is -2.11. The molecule has 0 unspecified atom stereocenters. The molecule has 0 saturated heterocycles.